The smallest absolute Gasteiger partial charge is 0.115 e. The standard InChI is InChI=1S/C13H21NOS/c1-11(14-8-3-9-16-2)10-12-4-6-13(15)7-5-12/h4-7,11,14-15H,3,8-10H2,1-2H3. The first-order valence-electron chi connectivity index (χ1n) is 5.72. The summed E-state index contributed by atoms with van der Waals surface area (Å²) >= 11 is 1.89. The van der Waals surface area contributed by atoms with Gasteiger partial charge in [0.05, 0.1) is 0 Å². The first-order valence-corrected chi connectivity index (χ1v) is 7.12. The summed E-state index contributed by atoms with van der Waals surface area (Å²) in [5.74, 6) is 1.56. The highest BCUT2D eigenvalue weighted by molar-refractivity contribution is 7.98. The fourth-order valence-electron chi connectivity index (χ4n) is 1.62. The Morgan fingerprint density at radius 1 is 1.31 bits per heavy atom. The van der Waals surface area contributed by atoms with Crippen molar-refractivity contribution in [2.24, 2.45) is 0 Å². The van der Waals surface area contributed by atoms with Gasteiger partial charge in [0.2, 0.25) is 0 Å². The van der Waals surface area contributed by atoms with E-state index in [-0.39, 0.29) is 0 Å². The van der Waals surface area contributed by atoms with Crippen molar-refractivity contribution in [3.63, 3.8) is 0 Å². The highest BCUT2D eigenvalue weighted by atomic mass is 32.2. The molecule has 0 aliphatic carbocycles. The number of phenolic OH excluding ortho intramolecular Hbond substituents is 1. The molecule has 0 saturated carbocycles. The number of hydrogen-bond acceptors (Lipinski definition) is 3. The predicted octanol–water partition coefficient (Wildman–Crippen LogP) is 2.67. The highest BCUT2D eigenvalue weighted by Gasteiger charge is 2.02. The third-order valence-corrected chi connectivity index (χ3v) is 3.19. The Morgan fingerprint density at radius 3 is 2.62 bits per heavy atom. The van der Waals surface area contributed by atoms with Gasteiger partial charge < -0.3 is 10.4 Å². The first kappa shape index (κ1) is 13.4. The molecular weight excluding hydrogens is 218 g/mol. The zero-order valence-corrected chi connectivity index (χ0v) is 10.9. The number of nitrogens with one attached hydrogen (secondary N) is 1. The van der Waals surface area contributed by atoms with Gasteiger partial charge in [0.15, 0.2) is 0 Å². The van der Waals surface area contributed by atoms with Crippen LogP contribution in [0.4, 0.5) is 0 Å². The number of phenols is 1. The maximum atomic E-state index is 9.17. The van der Waals surface area contributed by atoms with E-state index in [0.29, 0.717) is 11.8 Å². The molecule has 0 aromatic heterocycles. The minimum absolute atomic E-state index is 0.337. The summed E-state index contributed by atoms with van der Waals surface area (Å²) in [7, 11) is 0. The summed E-state index contributed by atoms with van der Waals surface area (Å²) < 4.78 is 0. The molecule has 0 heterocycles. The van der Waals surface area contributed by atoms with Crippen LogP contribution in [0.5, 0.6) is 5.75 Å². The van der Waals surface area contributed by atoms with Crippen LogP contribution in [0, 0.1) is 0 Å². The maximum Gasteiger partial charge on any atom is 0.115 e. The van der Waals surface area contributed by atoms with E-state index in [1.54, 1.807) is 12.1 Å². The van der Waals surface area contributed by atoms with Gasteiger partial charge in [-0.3, -0.25) is 0 Å². The molecule has 1 aromatic rings. The molecule has 0 radical (unpaired) electrons. The van der Waals surface area contributed by atoms with Gasteiger partial charge in [-0.1, -0.05) is 12.1 Å². The Kier molecular flexibility index (Phi) is 6.34. The van der Waals surface area contributed by atoms with Gasteiger partial charge in [-0.05, 0) is 56.0 Å². The molecule has 3 heteroatoms. The Bertz CT molecular complexity index is 286. The van der Waals surface area contributed by atoms with E-state index in [1.807, 2.05) is 23.9 Å². The Labute approximate surface area is 102 Å². The zero-order chi connectivity index (χ0) is 11.8. The van der Waals surface area contributed by atoms with E-state index in [4.69, 9.17) is 0 Å². The van der Waals surface area contributed by atoms with Gasteiger partial charge in [0, 0.05) is 6.04 Å². The van der Waals surface area contributed by atoms with Crippen LogP contribution in [-0.2, 0) is 6.42 Å². The van der Waals surface area contributed by atoms with E-state index in [0.717, 1.165) is 13.0 Å². The third kappa shape index (κ3) is 5.42. The topological polar surface area (TPSA) is 32.3 Å². The summed E-state index contributed by atoms with van der Waals surface area (Å²) in [6.07, 6.45) is 4.38. The molecule has 0 saturated heterocycles. The maximum absolute atomic E-state index is 9.17. The van der Waals surface area contributed by atoms with E-state index in [2.05, 4.69) is 18.5 Å². The fourth-order valence-corrected chi connectivity index (χ4v) is 2.06. The normalized spacial score (nSPS) is 12.6. The quantitative estimate of drug-likeness (QED) is 0.718. The molecule has 0 aliphatic rings. The molecule has 0 amide bonds. The van der Waals surface area contributed by atoms with E-state index >= 15 is 0 Å². The minimum atomic E-state index is 0.337. The van der Waals surface area contributed by atoms with Crippen LogP contribution in [0.15, 0.2) is 24.3 Å². The number of aromatic hydroxyl groups is 1. The van der Waals surface area contributed by atoms with Crippen LogP contribution in [0.25, 0.3) is 0 Å². The van der Waals surface area contributed by atoms with Crippen LogP contribution in [0.3, 0.4) is 0 Å². The lowest BCUT2D eigenvalue weighted by molar-refractivity contribution is 0.474. The molecule has 1 aromatic carbocycles. The number of benzene rings is 1. The molecule has 1 atom stereocenters. The van der Waals surface area contributed by atoms with E-state index in [1.165, 1.54) is 17.7 Å². The second-order valence-corrected chi connectivity index (χ2v) is 5.06. The highest BCUT2D eigenvalue weighted by Crippen LogP contribution is 2.11. The third-order valence-electron chi connectivity index (χ3n) is 2.50. The van der Waals surface area contributed by atoms with Crippen molar-refractivity contribution in [1.82, 2.24) is 5.32 Å². The SMILES string of the molecule is CSCCCNC(C)Cc1ccc(O)cc1. The summed E-state index contributed by atoms with van der Waals surface area (Å²) in [6.45, 7) is 3.28. The van der Waals surface area contributed by atoms with Crippen molar-refractivity contribution in [1.29, 1.82) is 0 Å². The summed E-state index contributed by atoms with van der Waals surface area (Å²) in [5, 5.41) is 12.7. The van der Waals surface area contributed by atoms with Crippen LogP contribution < -0.4 is 5.32 Å². The Hall–Kier alpha value is -0.670. The van der Waals surface area contributed by atoms with Gasteiger partial charge in [-0.25, -0.2) is 0 Å². The lowest BCUT2D eigenvalue weighted by Crippen LogP contribution is -2.29. The second kappa shape index (κ2) is 7.58. The average Bonchev–Trinajstić information content (AvgIpc) is 2.28. The van der Waals surface area contributed by atoms with Gasteiger partial charge in [0.1, 0.15) is 5.75 Å². The van der Waals surface area contributed by atoms with Gasteiger partial charge in [-0.15, -0.1) is 0 Å². The van der Waals surface area contributed by atoms with Crippen molar-refractivity contribution in [2.75, 3.05) is 18.6 Å². The molecule has 0 bridgehead atoms. The van der Waals surface area contributed by atoms with Crippen LogP contribution in [-0.4, -0.2) is 29.7 Å². The summed E-state index contributed by atoms with van der Waals surface area (Å²) in [4.78, 5) is 0. The largest absolute Gasteiger partial charge is 0.508 e. The van der Waals surface area contributed by atoms with Gasteiger partial charge in [0.25, 0.3) is 0 Å². The van der Waals surface area contributed by atoms with Crippen molar-refractivity contribution in [3.8, 4) is 5.75 Å². The minimum Gasteiger partial charge on any atom is -0.508 e. The molecule has 1 unspecified atom stereocenters. The predicted molar refractivity (Wildman–Crippen MR) is 72.3 cm³/mol. The zero-order valence-electron chi connectivity index (χ0n) is 10.1. The molecule has 1 rings (SSSR count). The lowest BCUT2D eigenvalue weighted by atomic mass is 10.1. The van der Waals surface area contributed by atoms with Crippen molar-refractivity contribution in [2.45, 2.75) is 25.8 Å². The molecular formula is C13H21NOS. The lowest BCUT2D eigenvalue weighted by Gasteiger charge is -2.13. The Morgan fingerprint density at radius 2 is 2.00 bits per heavy atom. The molecule has 0 fully saturated rings. The van der Waals surface area contributed by atoms with Crippen LogP contribution in [0.2, 0.25) is 0 Å². The van der Waals surface area contributed by atoms with E-state index in [9.17, 15) is 5.11 Å². The van der Waals surface area contributed by atoms with E-state index < -0.39 is 0 Å². The molecule has 2 nitrogen and oxygen atoms in total. The number of rotatable bonds is 7. The van der Waals surface area contributed by atoms with Crippen LogP contribution >= 0.6 is 11.8 Å². The van der Waals surface area contributed by atoms with Gasteiger partial charge >= 0.3 is 0 Å². The average molecular weight is 239 g/mol. The molecule has 0 spiro atoms. The molecule has 90 valence electrons. The number of hydrogen-bond donors (Lipinski definition) is 2. The fraction of sp³-hybridized carbons (Fsp3) is 0.538. The van der Waals surface area contributed by atoms with Crippen LogP contribution in [0.1, 0.15) is 18.9 Å². The molecule has 2 N–H and O–H groups in total. The summed E-state index contributed by atoms with van der Waals surface area (Å²) in [5.41, 5.74) is 1.27. The van der Waals surface area contributed by atoms with Crippen molar-refractivity contribution >= 4 is 11.8 Å². The molecule has 0 aliphatic heterocycles. The Balaban J connectivity index is 2.23. The van der Waals surface area contributed by atoms with Crippen molar-refractivity contribution in [3.05, 3.63) is 29.8 Å². The first-order chi connectivity index (χ1) is 7.72. The monoisotopic (exact) mass is 239 g/mol. The van der Waals surface area contributed by atoms with Gasteiger partial charge in [-0.2, -0.15) is 11.8 Å². The molecule has 16 heavy (non-hydrogen) atoms. The summed E-state index contributed by atoms with van der Waals surface area (Å²) in [6, 6.07) is 7.95. The van der Waals surface area contributed by atoms with Crippen molar-refractivity contribution < 1.29 is 5.11 Å². The number of thioether (sulfide) groups is 1. The second-order valence-electron chi connectivity index (χ2n) is 4.07.